The largest absolute Gasteiger partial charge is 0.379 e. The molecule has 0 aliphatic rings. The lowest BCUT2D eigenvalue weighted by atomic mass is 10.2. The quantitative estimate of drug-likeness (QED) is 0.741. The standard InChI is InChI=1S/C15H23N2O4PS/c1-7-12-11(6)16-15-17(14(12)18)13(8-23-15)22(19,20-9(2)3)21-10(4)5/h8-10H,7H2,1-6H3. The third-order valence-electron chi connectivity index (χ3n) is 3.18. The summed E-state index contributed by atoms with van der Waals surface area (Å²) in [4.78, 5) is 17.7. The van der Waals surface area contributed by atoms with Crippen molar-refractivity contribution in [2.24, 2.45) is 0 Å². The van der Waals surface area contributed by atoms with Crippen LogP contribution in [0.15, 0.2) is 10.2 Å². The number of rotatable bonds is 6. The molecule has 2 rings (SSSR count). The Balaban J connectivity index is 2.74. The summed E-state index contributed by atoms with van der Waals surface area (Å²) in [6, 6.07) is 0. The van der Waals surface area contributed by atoms with Gasteiger partial charge in [-0.05, 0) is 41.0 Å². The second-order valence-electron chi connectivity index (χ2n) is 5.85. The highest BCUT2D eigenvalue weighted by Gasteiger charge is 2.35. The topological polar surface area (TPSA) is 69.9 Å². The van der Waals surface area contributed by atoms with Crippen LogP contribution in [0, 0.1) is 6.92 Å². The molecule has 0 atom stereocenters. The van der Waals surface area contributed by atoms with Gasteiger partial charge in [-0.1, -0.05) is 6.92 Å². The van der Waals surface area contributed by atoms with E-state index in [9.17, 15) is 9.36 Å². The van der Waals surface area contributed by atoms with E-state index in [0.29, 0.717) is 22.6 Å². The van der Waals surface area contributed by atoms with Gasteiger partial charge in [-0.15, -0.1) is 11.3 Å². The van der Waals surface area contributed by atoms with Gasteiger partial charge in [0.25, 0.3) is 5.56 Å². The molecule has 0 amide bonds. The summed E-state index contributed by atoms with van der Waals surface area (Å²) < 4.78 is 25.9. The van der Waals surface area contributed by atoms with Crippen LogP contribution < -0.4 is 11.0 Å². The normalized spacial score (nSPS) is 12.7. The monoisotopic (exact) mass is 358 g/mol. The zero-order chi connectivity index (χ0) is 17.4. The van der Waals surface area contributed by atoms with Crippen molar-refractivity contribution in [3.63, 3.8) is 0 Å². The third kappa shape index (κ3) is 3.58. The first kappa shape index (κ1) is 18.3. The molecule has 0 N–H and O–H groups in total. The SMILES string of the molecule is CCc1c(C)nc2scc(P(=O)(OC(C)C)OC(C)C)n2c1=O. The van der Waals surface area contributed by atoms with Crippen molar-refractivity contribution in [1.82, 2.24) is 9.38 Å². The minimum absolute atomic E-state index is 0.203. The van der Waals surface area contributed by atoms with Gasteiger partial charge in [0.1, 0.15) is 0 Å². The van der Waals surface area contributed by atoms with Gasteiger partial charge in [0, 0.05) is 16.6 Å². The van der Waals surface area contributed by atoms with Crippen LogP contribution in [-0.4, -0.2) is 21.6 Å². The van der Waals surface area contributed by atoms with Crippen molar-refractivity contribution in [2.45, 2.75) is 60.2 Å². The maximum absolute atomic E-state index is 13.3. The Morgan fingerprint density at radius 2 is 1.83 bits per heavy atom. The van der Waals surface area contributed by atoms with E-state index >= 15 is 0 Å². The van der Waals surface area contributed by atoms with Gasteiger partial charge in [0.2, 0.25) is 0 Å². The zero-order valence-corrected chi connectivity index (χ0v) is 16.0. The second-order valence-corrected chi connectivity index (χ2v) is 8.56. The first-order chi connectivity index (χ1) is 10.7. The molecule has 0 radical (unpaired) electrons. The number of hydrogen-bond donors (Lipinski definition) is 0. The fraction of sp³-hybridized carbons (Fsp3) is 0.600. The van der Waals surface area contributed by atoms with Gasteiger partial charge < -0.3 is 9.05 Å². The highest BCUT2D eigenvalue weighted by Crippen LogP contribution is 2.49. The van der Waals surface area contributed by atoms with Crippen LogP contribution in [-0.2, 0) is 20.0 Å². The number of aryl methyl sites for hydroxylation is 1. The molecule has 2 aromatic heterocycles. The molecule has 0 aliphatic carbocycles. The van der Waals surface area contributed by atoms with E-state index in [-0.39, 0.29) is 23.2 Å². The first-order valence-electron chi connectivity index (χ1n) is 7.66. The van der Waals surface area contributed by atoms with E-state index < -0.39 is 7.60 Å². The first-order valence-corrected chi connectivity index (χ1v) is 10.1. The summed E-state index contributed by atoms with van der Waals surface area (Å²) in [7, 11) is -3.62. The third-order valence-corrected chi connectivity index (χ3v) is 6.47. The molecule has 0 saturated carbocycles. The summed E-state index contributed by atoms with van der Waals surface area (Å²) in [5.41, 5.74) is 1.37. The molecule has 0 fully saturated rings. The van der Waals surface area contributed by atoms with E-state index in [4.69, 9.17) is 9.05 Å². The number of aromatic nitrogens is 2. The molecule has 2 heterocycles. The highest BCUT2D eigenvalue weighted by atomic mass is 32.1. The van der Waals surface area contributed by atoms with Crippen LogP contribution in [0.5, 0.6) is 0 Å². The summed E-state index contributed by atoms with van der Waals surface area (Å²) in [5.74, 6) is 0. The van der Waals surface area contributed by atoms with E-state index in [1.165, 1.54) is 15.7 Å². The smallest absolute Gasteiger partial charge is 0.301 e. The van der Waals surface area contributed by atoms with E-state index in [0.717, 1.165) is 0 Å². The van der Waals surface area contributed by atoms with E-state index in [1.54, 1.807) is 33.1 Å². The van der Waals surface area contributed by atoms with Crippen LogP contribution in [0.2, 0.25) is 0 Å². The maximum atomic E-state index is 13.3. The van der Waals surface area contributed by atoms with E-state index in [2.05, 4.69) is 4.98 Å². The van der Waals surface area contributed by atoms with Crippen LogP contribution >= 0.6 is 18.9 Å². The lowest BCUT2D eigenvalue weighted by Crippen LogP contribution is -2.30. The molecular formula is C15H23N2O4PS. The fourth-order valence-corrected chi connectivity index (χ4v) is 5.70. The van der Waals surface area contributed by atoms with Gasteiger partial charge in [-0.25, -0.2) is 9.38 Å². The van der Waals surface area contributed by atoms with E-state index in [1.807, 2.05) is 13.8 Å². The summed E-state index contributed by atoms with van der Waals surface area (Å²) in [6.45, 7) is 10.9. The molecule has 0 saturated heterocycles. The molecule has 0 unspecified atom stereocenters. The Morgan fingerprint density at radius 1 is 1.26 bits per heavy atom. The molecule has 0 bridgehead atoms. The van der Waals surface area contributed by atoms with Gasteiger partial charge >= 0.3 is 7.60 Å². The average Bonchev–Trinajstić information content (AvgIpc) is 2.81. The van der Waals surface area contributed by atoms with Gasteiger partial charge in [0.05, 0.1) is 12.2 Å². The van der Waals surface area contributed by atoms with Gasteiger partial charge in [-0.2, -0.15) is 0 Å². The van der Waals surface area contributed by atoms with Crippen molar-refractivity contribution >= 4 is 29.3 Å². The highest BCUT2D eigenvalue weighted by molar-refractivity contribution is 7.62. The molecule has 0 aliphatic heterocycles. The number of thiazole rings is 1. The Hall–Kier alpha value is -1.01. The predicted molar refractivity (Wildman–Crippen MR) is 93.1 cm³/mol. The lowest BCUT2D eigenvalue weighted by molar-refractivity contribution is 0.149. The molecule has 23 heavy (non-hydrogen) atoms. The predicted octanol–water partition coefficient (Wildman–Crippen LogP) is 3.30. The number of fused-ring (bicyclic) bond motifs is 1. The van der Waals surface area contributed by atoms with Crippen LogP contribution in [0.1, 0.15) is 45.9 Å². The molecule has 6 nitrogen and oxygen atoms in total. The van der Waals surface area contributed by atoms with Gasteiger partial charge in [0.15, 0.2) is 10.4 Å². The Morgan fingerprint density at radius 3 is 2.30 bits per heavy atom. The minimum atomic E-state index is -3.62. The molecule has 128 valence electrons. The Labute approximate surface area is 140 Å². The van der Waals surface area contributed by atoms with Crippen LogP contribution in [0.3, 0.4) is 0 Å². The molecule has 2 aromatic rings. The maximum Gasteiger partial charge on any atom is 0.379 e. The number of hydrogen-bond acceptors (Lipinski definition) is 6. The minimum Gasteiger partial charge on any atom is -0.301 e. The summed E-state index contributed by atoms with van der Waals surface area (Å²) in [6.07, 6.45) is -0.0282. The van der Waals surface area contributed by atoms with Crippen molar-refractivity contribution in [2.75, 3.05) is 0 Å². The average molecular weight is 358 g/mol. The van der Waals surface area contributed by atoms with Crippen molar-refractivity contribution in [3.8, 4) is 0 Å². The van der Waals surface area contributed by atoms with Crippen LogP contribution in [0.4, 0.5) is 0 Å². The summed E-state index contributed by atoms with van der Waals surface area (Å²) >= 11 is 1.26. The molecule has 0 aromatic carbocycles. The lowest BCUT2D eigenvalue weighted by Gasteiger charge is -2.22. The Bertz CT molecular complexity index is 796. The molecular weight excluding hydrogens is 335 g/mol. The van der Waals surface area contributed by atoms with Crippen LogP contribution in [0.25, 0.3) is 4.96 Å². The number of nitrogens with zero attached hydrogens (tertiary/aromatic N) is 2. The summed E-state index contributed by atoms with van der Waals surface area (Å²) in [5, 5.41) is 1.65. The molecule has 8 heteroatoms. The zero-order valence-electron chi connectivity index (χ0n) is 14.3. The van der Waals surface area contributed by atoms with Crippen molar-refractivity contribution in [3.05, 3.63) is 27.0 Å². The second kappa shape index (κ2) is 6.85. The van der Waals surface area contributed by atoms with Crippen molar-refractivity contribution < 1.29 is 13.6 Å². The van der Waals surface area contributed by atoms with Gasteiger partial charge in [-0.3, -0.25) is 9.36 Å². The fourth-order valence-electron chi connectivity index (χ4n) is 2.36. The Kier molecular flexibility index (Phi) is 5.46. The van der Waals surface area contributed by atoms with Crippen molar-refractivity contribution in [1.29, 1.82) is 0 Å². The molecule has 0 spiro atoms.